The predicted molar refractivity (Wildman–Crippen MR) is 66.4 cm³/mol. The van der Waals surface area contributed by atoms with Gasteiger partial charge >= 0.3 is 5.97 Å². The highest BCUT2D eigenvalue weighted by Crippen LogP contribution is 2.26. The molecule has 8 nitrogen and oxygen atoms in total. The lowest BCUT2D eigenvalue weighted by atomic mass is 10.3. The maximum absolute atomic E-state index is 12.1. The van der Waals surface area contributed by atoms with Crippen molar-refractivity contribution in [1.82, 2.24) is 19.9 Å². The summed E-state index contributed by atoms with van der Waals surface area (Å²) in [6, 6.07) is 0. The van der Waals surface area contributed by atoms with E-state index in [1.165, 1.54) is 11.7 Å². The first-order chi connectivity index (χ1) is 8.92. The number of hydrogen-bond donors (Lipinski definition) is 3. The Bertz CT molecular complexity index is 690. The number of carboxylic acid groups (broad SMARTS) is 1. The Kier molecular flexibility index (Phi) is 3.64. The lowest BCUT2D eigenvalue weighted by molar-refractivity contribution is 0.0698. The predicted octanol–water partition coefficient (Wildman–Crippen LogP) is 0.351. The summed E-state index contributed by atoms with van der Waals surface area (Å²) in [5, 5.41) is 16.6. The van der Waals surface area contributed by atoms with E-state index in [1.54, 1.807) is 6.92 Å². The van der Waals surface area contributed by atoms with Crippen LogP contribution in [0.2, 0.25) is 0 Å². The third kappa shape index (κ3) is 2.80. The molecular formula is C9H10N4O4S2. The Labute approximate surface area is 112 Å². The third-order valence-electron chi connectivity index (χ3n) is 2.28. The van der Waals surface area contributed by atoms with Crippen molar-refractivity contribution in [3.63, 3.8) is 0 Å². The number of carbonyl (C=O) groups is 1. The lowest BCUT2D eigenvalue weighted by Gasteiger charge is -2.06. The molecule has 0 aliphatic rings. The number of nitrogens with one attached hydrogen (secondary N) is 2. The number of aromatic amines is 1. The number of hydrogen-bond acceptors (Lipinski definition) is 6. The monoisotopic (exact) mass is 302 g/mol. The number of thiophene rings is 1. The molecule has 2 rings (SSSR count). The smallest absolute Gasteiger partial charge is 0.347 e. The van der Waals surface area contributed by atoms with E-state index in [0.29, 0.717) is 11.4 Å². The molecule has 2 heterocycles. The van der Waals surface area contributed by atoms with Crippen molar-refractivity contribution in [1.29, 1.82) is 0 Å². The highest BCUT2D eigenvalue weighted by atomic mass is 32.2. The van der Waals surface area contributed by atoms with Gasteiger partial charge in [-0.15, -0.1) is 11.3 Å². The normalized spacial score (nSPS) is 11.6. The zero-order valence-electron chi connectivity index (χ0n) is 9.74. The molecule has 0 bridgehead atoms. The summed E-state index contributed by atoms with van der Waals surface area (Å²) < 4.78 is 26.5. The van der Waals surface area contributed by atoms with Gasteiger partial charge in [0.25, 0.3) is 0 Å². The zero-order valence-corrected chi connectivity index (χ0v) is 11.4. The first-order valence-corrected chi connectivity index (χ1v) is 7.43. The standard InChI is InChI=1S/C9H10N4O4S2/c1-5-3-18-7(9(14)15)8(5)19(16,17)12-2-6-10-4-11-13-6/h3-4,12H,2H2,1H3,(H,14,15)(H,10,11,13). The molecule has 0 unspecified atom stereocenters. The molecule has 19 heavy (non-hydrogen) atoms. The molecule has 0 saturated heterocycles. The molecule has 3 N–H and O–H groups in total. The van der Waals surface area contributed by atoms with Crippen LogP contribution < -0.4 is 4.72 Å². The van der Waals surface area contributed by atoms with Crippen molar-refractivity contribution in [2.24, 2.45) is 0 Å². The van der Waals surface area contributed by atoms with Gasteiger partial charge in [-0.2, -0.15) is 5.10 Å². The molecule has 0 aliphatic carbocycles. The van der Waals surface area contributed by atoms with Gasteiger partial charge in [0.2, 0.25) is 10.0 Å². The van der Waals surface area contributed by atoms with Crippen LogP contribution in [0.1, 0.15) is 21.1 Å². The minimum atomic E-state index is -3.91. The van der Waals surface area contributed by atoms with Gasteiger partial charge in [0.05, 0.1) is 6.54 Å². The van der Waals surface area contributed by atoms with Gasteiger partial charge in [0.1, 0.15) is 21.9 Å². The van der Waals surface area contributed by atoms with Crippen molar-refractivity contribution < 1.29 is 18.3 Å². The average molecular weight is 302 g/mol. The molecule has 0 fully saturated rings. The number of H-pyrrole nitrogens is 1. The van der Waals surface area contributed by atoms with Gasteiger partial charge < -0.3 is 5.11 Å². The quantitative estimate of drug-likeness (QED) is 0.732. The molecule has 2 aromatic heterocycles. The van der Waals surface area contributed by atoms with Gasteiger partial charge in [-0.05, 0) is 17.9 Å². The maximum atomic E-state index is 12.1. The Morgan fingerprint density at radius 3 is 2.89 bits per heavy atom. The van der Waals surface area contributed by atoms with Crippen molar-refractivity contribution in [2.75, 3.05) is 0 Å². The maximum Gasteiger partial charge on any atom is 0.347 e. The summed E-state index contributed by atoms with van der Waals surface area (Å²) in [5.41, 5.74) is 0.396. The van der Waals surface area contributed by atoms with Gasteiger partial charge in [-0.1, -0.05) is 0 Å². The highest BCUT2D eigenvalue weighted by Gasteiger charge is 2.26. The molecule has 0 spiro atoms. The van der Waals surface area contributed by atoms with E-state index in [9.17, 15) is 13.2 Å². The Morgan fingerprint density at radius 1 is 1.58 bits per heavy atom. The van der Waals surface area contributed by atoms with Crippen molar-refractivity contribution >= 4 is 27.3 Å². The Hall–Kier alpha value is -1.78. The second-order valence-electron chi connectivity index (χ2n) is 3.64. The third-order valence-corrected chi connectivity index (χ3v) is 5.08. The number of sulfonamides is 1. The minimum Gasteiger partial charge on any atom is -0.477 e. The number of aromatic carboxylic acids is 1. The van der Waals surface area contributed by atoms with Crippen LogP contribution in [0.15, 0.2) is 16.6 Å². The second kappa shape index (κ2) is 5.07. The van der Waals surface area contributed by atoms with Gasteiger partial charge in [-0.25, -0.2) is 22.9 Å². The van der Waals surface area contributed by atoms with Crippen LogP contribution >= 0.6 is 11.3 Å². The van der Waals surface area contributed by atoms with Crippen LogP contribution in [0.3, 0.4) is 0 Å². The molecule has 2 aromatic rings. The topological polar surface area (TPSA) is 125 Å². The van der Waals surface area contributed by atoms with Crippen molar-refractivity contribution in [2.45, 2.75) is 18.4 Å². The highest BCUT2D eigenvalue weighted by molar-refractivity contribution is 7.89. The number of carboxylic acids is 1. The van der Waals surface area contributed by atoms with E-state index < -0.39 is 16.0 Å². The zero-order chi connectivity index (χ0) is 14.0. The molecule has 102 valence electrons. The molecule has 0 atom stereocenters. The molecular weight excluding hydrogens is 292 g/mol. The molecule has 0 aromatic carbocycles. The molecule has 0 radical (unpaired) electrons. The van der Waals surface area contributed by atoms with Crippen LogP contribution in [0.5, 0.6) is 0 Å². The van der Waals surface area contributed by atoms with Crippen LogP contribution in [0.4, 0.5) is 0 Å². The first kappa shape index (κ1) is 13.6. The van der Waals surface area contributed by atoms with E-state index in [-0.39, 0.29) is 16.3 Å². The fourth-order valence-corrected chi connectivity index (χ4v) is 4.08. The number of rotatable bonds is 5. The minimum absolute atomic E-state index is 0.0866. The van der Waals surface area contributed by atoms with Crippen LogP contribution in [0, 0.1) is 6.92 Å². The summed E-state index contributed by atoms with van der Waals surface area (Å²) in [5.74, 6) is -0.925. The first-order valence-electron chi connectivity index (χ1n) is 5.07. The number of aromatic nitrogens is 3. The molecule has 0 aliphatic heterocycles. The lowest BCUT2D eigenvalue weighted by Crippen LogP contribution is -2.25. The fourth-order valence-electron chi connectivity index (χ4n) is 1.47. The van der Waals surface area contributed by atoms with E-state index in [4.69, 9.17) is 5.11 Å². The number of aryl methyl sites for hydroxylation is 1. The van der Waals surface area contributed by atoms with E-state index in [0.717, 1.165) is 11.3 Å². The van der Waals surface area contributed by atoms with Crippen LogP contribution in [-0.4, -0.2) is 34.7 Å². The van der Waals surface area contributed by atoms with E-state index >= 15 is 0 Å². The van der Waals surface area contributed by atoms with Crippen molar-refractivity contribution in [3.8, 4) is 0 Å². The van der Waals surface area contributed by atoms with E-state index in [2.05, 4.69) is 19.9 Å². The SMILES string of the molecule is Cc1csc(C(=O)O)c1S(=O)(=O)NCc1ncn[nH]1. The molecule has 0 amide bonds. The molecule has 0 saturated carbocycles. The van der Waals surface area contributed by atoms with Gasteiger partial charge in [0.15, 0.2) is 0 Å². The largest absolute Gasteiger partial charge is 0.477 e. The van der Waals surface area contributed by atoms with E-state index in [1.807, 2.05) is 0 Å². The van der Waals surface area contributed by atoms with Crippen molar-refractivity contribution in [3.05, 3.63) is 28.0 Å². The summed E-state index contributed by atoms with van der Waals surface area (Å²) in [6.07, 6.45) is 1.25. The summed E-state index contributed by atoms with van der Waals surface area (Å²) in [7, 11) is -3.91. The van der Waals surface area contributed by atoms with Crippen LogP contribution in [-0.2, 0) is 16.6 Å². The summed E-state index contributed by atoms with van der Waals surface area (Å²) >= 11 is 0.880. The Morgan fingerprint density at radius 2 is 2.32 bits per heavy atom. The number of nitrogens with zero attached hydrogens (tertiary/aromatic N) is 2. The van der Waals surface area contributed by atoms with Gasteiger partial charge in [0, 0.05) is 0 Å². The van der Waals surface area contributed by atoms with Crippen LogP contribution in [0.25, 0.3) is 0 Å². The Balaban J connectivity index is 2.29. The second-order valence-corrected chi connectivity index (χ2v) is 6.22. The summed E-state index contributed by atoms with van der Waals surface area (Å²) in [6.45, 7) is 1.46. The van der Waals surface area contributed by atoms with Gasteiger partial charge in [-0.3, -0.25) is 5.10 Å². The molecule has 10 heteroatoms. The average Bonchev–Trinajstić information content (AvgIpc) is 2.95. The summed E-state index contributed by atoms with van der Waals surface area (Å²) in [4.78, 5) is 14.4. The fraction of sp³-hybridized carbons (Fsp3) is 0.222.